The van der Waals surface area contributed by atoms with Crippen LogP contribution in [0.2, 0.25) is 0 Å². The monoisotopic (exact) mass is 365 g/mol. The van der Waals surface area contributed by atoms with Crippen LogP contribution in [0.1, 0.15) is 35.2 Å². The zero-order valence-corrected chi connectivity index (χ0v) is 15.5. The first-order chi connectivity index (χ1) is 11.6. The highest BCUT2D eigenvalue weighted by molar-refractivity contribution is 7.29. The summed E-state index contributed by atoms with van der Waals surface area (Å²) in [5.74, 6) is 1.04. The number of rotatable bonds is 7. The number of thiophene rings is 1. The van der Waals surface area contributed by atoms with E-state index in [-0.39, 0.29) is 5.91 Å². The van der Waals surface area contributed by atoms with Crippen molar-refractivity contribution in [2.45, 2.75) is 27.2 Å². The maximum absolute atomic E-state index is 12.2. The van der Waals surface area contributed by atoms with Gasteiger partial charge in [-0.25, -0.2) is 4.98 Å². The molecule has 3 rings (SSSR count). The number of thiazole rings is 1. The van der Waals surface area contributed by atoms with Crippen LogP contribution in [0, 0.1) is 6.92 Å². The van der Waals surface area contributed by atoms with E-state index < -0.39 is 0 Å². The standard InChI is InChI=1S/C15H19N5O2S2/c1-4-20(5-2)15-18-14-11(24-15)8-10(23-14)13(21)16-7-6-12-17-9(3)19-22-12/h8H,4-7H2,1-3H3,(H,16,21). The molecule has 0 atom stereocenters. The number of fused-ring (bicyclic) bond motifs is 1. The van der Waals surface area contributed by atoms with E-state index in [0.717, 1.165) is 27.8 Å². The van der Waals surface area contributed by atoms with Gasteiger partial charge in [0.25, 0.3) is 5.91 Å². The van der Waals surface area contributed by atoms with Gasteiger partial charge in [0, 0.05) is 26.1 Å². The van der Waals surface area contributed by atoms with E-state index in [2.05, 4.69) is 39.2 Å². The van der Waals surface area contributed by atoms with Gasteiger partial charge in [-0.1, -0.05) is 16.5 Å². The molecule has 128 valence electrons. The molecular formula is C15H19N5O2S2. The molecule has 0 unspecified atom stereocenters. The minimum atomic E-state index is -0.0918. The lowest BCUT2D eigenvalue weighted by molar-refractivity contribution is 0.0957. The van der Waals surface area contributed by atoms with E-state index in [0.29, 0.717) is 29.6 Å². The predicted molar refractivity (Wildman–Crippen MR) is 96.1 cm³/mol. The third kappa shape index (κ3) is 3.57. The first-order valence-corrected chi connectivity index (χ1v) is 9.46. The summed E-state index contributed by atoms with van der Waals surface area (Å²) < 4.78 is 6.08. The molecule has 9 heteroatoms. The van der Waals surface area contributed by atoms with Crippen molar-refractivity contribution in [2.24, 2.45) is 0 Å². The summed E-state index contributed by atoms with van der Waals surface area (Å²) in [7, 11) is 0. The van der Waals surface area contributed by atoms with E-state index in [1.54, 1.807) is 18.3 Å². The minimum absolute atomic E-state index is 0.0918. The van der Waals surface area contributed by atoms with Crippen LogP contribution in [0.4, 0.5) is 5.13 Å². The first-order valence-electron chi connectivity index (χ1n) is 7.83. The summed E-state index contributed by atoms with van der Waals surface area (Å²) in [6.07, 6.45) is 0.524. The van der Waals surface area contributed by atoms with E-state index in [9.17, 15) is 4.79 Å². The molecule has 0 aliphatic carbocycles. The first kappa shape index (κ1) is 16.8. The van der Waals surface area contributed by atoms with Gasteiger partial charge in [-0.15, -0.1) is 11.3 Å². The molecule has 0 aromatic carbocycles. The Morgan fingerprint density at radius 1 is 1.29 bits per heavy atom. The maximum Gasteiger partial charge on any atom is 0.261 e. The smallest absolute Gasteiger partial charge is 0.261 e. The second kappa shape index (κ2) is 7.27. The number of hydrogen-bond donors (Lipinski definition) is 1. The molecule has 0 aliphatic rings. The second-order valence-corrected chi connectivity index (χ2v) is 7.23. The molecule has 1 N–H and O–H groups in total. The topological polar surface area (TPSA) is 84.2 Å². The van der Waals surface area contributed by atoms with Crippen LogP contribution in [-0.2, 0) is 6.42 Å². The van der Waals surface area contributed by atoms with Crippen molar-refractivity contribution >= 4 is 43.2 Å². The zero-order valence-electron chi connectivity index (χ0n) is 13.8. The van der Waals surface area contributed by atoms with Crippen LogP contribution in [-0.4, -0.2) is 40.7 Å². The van der Waals surface area contributed by atoms with Crippen molar-refractivity contribution in [2.75, 3.05) is 24.5 Å². The molecule has 3 aromatic heterocycles. The fraction of sp³-hybridized carbons (Fsp3) is 0.467. The highest BCUT2D eigenvalue weighted by atomic mass is 32.1. The molecule has 0 saturated heterocycles. The summed E-state index contributed by atoms with van der Waals surface area (Å²) in [5.41, 5.74) is 0. The van der Waals surface area contributed by atoms with Gasteiger partial charge in [0.2, 0.25) is 5.89 Å². The van der Waals surface area contributed by atoms with Crippen LogP contribution >= 0.6 is 22.7 Å². The number of carbonyl (C=O) groups is 1. The Morgan fingerprint density at radius 3 is 2.71 bits per heavy atom. The molecule has 0 fully saturated rings. The van der Waals surface area contributed by atoms with Crippen molar-refractivity contribution in [3.05, 3.63) is 22.7 Å². The average Bonchev–Trinajstić information content (AvgIpc) is 3.23. The highest BCUT2D eigenvalue weighted by Gasteiger charge is 2.16. The maximum atomic E-state index is 12.2. The molecule has 0 spiro atoms. The summed E-state index contributed by atoms with van der Waals surface area (Å²) in [5, 5.41) is 7.61. The molecule has 24 heavy (non-hydrogen) atoms. The van der Waals surface area contributed by atoms with E-state index in [1.165, 1.54) is 11.3 Å². The van der Waals surface area contributed by atoms with Crippen LogP contribution in [0.3, 0.4) is 0 Å². The minimum Gasteiger partial charge on any atom is -0.351 e. The Morgan fingerprint density at radius 2 is 2.08 bits per heavy atom. The lowest BCUT2D eigenvalue weighted by Gasteiger charge is -2.16. The molecule has 0 aliphatic heterocycles. The molecule has 3 heterocycles. The van der Waals surface area contributed by atoms with Crippen molar-refractivity contribution in [1.29, 1.82) is 0 Å². The van der Waals surface area contributed by atoms with Crippen LogP contribution in [0.15, 0.2) is 10.6 Å². The van der Waals surface area contributed by atoms with Gasteiger partial charge in [-0.2, -0.15) is 4.98 Å². The van der Waals surface area contributed by atoms with Gasteiger partial charge in [0.05, 0.1) is 9.58 Å². The molecule has 0 saturated carbocycles. The van der Waals surface area contributed by atoms with Crippen molar-refractivity contribution < 1.29 is 9.32 Å². The Hall–Kier alpha value is -2.00. The summed E-state index contributed by atoms with van der Waals surface area (Å²) in [4.78, 5) is 24.8. The van der Waals surface area contributed by atoms with E-state index in [1.807, 2.05) is 6.07 Å². The van der Waals surface area contributed by atoms with Gasteiger partial charge in [-0.3, -0.25) is 4.79 Å². The normalized spacial score (nSPS) is 11.1. The molecule has 0 radical (unpaired) electrons. The Balaban J connectivity index is 1.61. The summed E-state index contributed by atoms with van der Waals surface area (Å²) in [6.45, 7) is 8.32. The molecule has 0 bridgehead atoms. The highest BCUT2D eigenvalue weighted by Crippen LogP contribution is 2.34. The average molecular weight is 365 g/mol. The van der Waals surface area contributed by atoms with Crippen molar-refractivity contribution in [3.8, 4) is 0 Å². The zero-order chi connectivity index (χ0) is 17.1. The van der Waals surface area contributed by atoms with Gasteiger partial charge in [0.1, 0.15) is 4.83 Å². The largest absolute Gasteiger partial charge is 0.351 e. The molecular weight excluding hydrogens is 346 g/mol. The predicted octanol–water partition coefficient (Wildman–Crippen LogP) is 2.87. The number of carbonyl (C=O) groups excluding carboxylic acids is 1. The Kier molecular flexibility index (Phi) is 5.10. The fourth-order valence-corrected chi connectivity index (χ4v) is 4.53. The molecule has 1 amide bonds. The summed E-state index contributed by atoms with van der Waals surface area (Å²) >= 11 is 3.05. The summed E-state index contributed by atoms with van der Waals surface area (Å²) in [6, 6.07) is 1.91. The van der Waals surface area contributed by atoms with Gasteiger partial charge in [0.15, 0.2) is 11.0 Å². The van der Waals surface area contributed by atoms with Gasteiger partial charge < -0.3 is 14.7 Å². The van der Waals surface area contributed by atoms with E-state index >= 15 is 0 Å². The quantitative estimate of drug-likeness (QED) is 0.693. The number of aryl methyl sites for hydroxylation is 1. The fourth-order valence-electron chi connectivity index (χ4n) is 2.28. The van der Waals surface area contributed by atoms with Crippen LogP contribution in [0.25, 0.3) is 9.53 Å². The number of nitrogens with one attached hydrogen (secondary N) is 1. The number of aromatic nitrogens is 3. The lowest BCUT2D eigenvalue weighted by atomic mass is 10.4. The Bertz CT molecular complexity index is 803. The number of hydrogen-bond acceptors (Lipinski definition) is 8. The number of anilines is 1. The third-order valence-corrected chi connectivity index (χ3v) is 5.75. The second-order valence-electron chi connectivity index (χ2n) is 5.19. The van der Waals surface area contributed by atoms with Crippen molar-refractivity contribution in [1.82, 2.24) is 20.4 Å². The molecule has 7 nitrogen and oxygen atoms in total. The van der Waals surface area contributed by atoms with Gasteiger partial charge >= 0.3 is 0 Å². The Labute approximate surface area is 147 Å². The van der Waals surface area contributed by atoms with E-state index in [4.69, 9.17) is 4.52 Å². The number of amides is 1. The number of nitrogens with zero attached hydrogens (tertiary/aromatic N) is 4. The van der Waals surface area contributed by atoms with Crippen LogP contribution < -0.4 is 10.2 Å². The lowest BCUT2D eigenvalue weighted by Crippen LogP contribution is -2.24. The SMILES string of the molecule is CCN(CC)c1nc2sc(C(=O)NCCc3nc(C)no3)cc2s1. The van der Waals surface area contributed by atoms with Crippen LogP contribution in [0.5, 0.6) is 0 Å². The van der Waals surface area contributed by atoms with Gasteiger partial charge in [-0.05, 0) is 26.8 Å². The molecule has 3 aromatic rings. The van der Waals surface area contributed by atoms with Crippen molar-refractivity contribution in [3.63, 3.8) is 0 Å². The third-order valence-electron chi connectivity index (χ3n) is 3.53.